The van der Waals surface area contributed by atoms with Crippen LogP contribution in [0.25, 0.3) is 0 Å². The highest BCUT2D eigenvalue weighted by Gasteiger charge is 2.40. The summed E-state index contributed by atoms with van der Waals surface area (Å²) in [5.41, 5.74) is -0.120. The van der Waals surface area contributed by atoms with Crippen LogP contribution in [-0.4, -0.2) is 31.5 Å². The fourth-order valence-electron chi connectivity index (χ4n) is 2.97. The maximum absolute atomic E-state index is 12.2. The van der Waals surface area contributed by atoms with Crippen LogP contribution in [0.3, 0.4) is 0 Å². The molecule has 0 aliphatic carbocycles. The summed E-state index contributed by atoms with van der Waals surface area (Å²) in [4.78, 5) is 10.1. The van der Waals surface area contributed by atoms with Crippen LogP contribution in [0.4, 0.5) is 5.69 Å². The summed E-state index contributed by atoms with van der Waals surface area (Å²) >= 11 is 0. The van der Waals surface area contributed by atoms with Gasteiger partial charge in [-0.3, -0.25) is 10.1 Å². The Labute approximate surface area is 116 Å². The van der Waals surface area contributed by atoms with Gasteiger partial charge < -0.3 is 5.32 Å². The van der Waals surface area contributed by atoms with E-state index in [0.29, 0.717) is 6.04 Å². The second kappa shape index (κ2) is 4.80. The molecule has 0 unspecified atom stereocenters. The molecule has 0 spiro atoms. The third-order valence-corrected chi connectivity index (χ3v) is 5.47. The molecule has 0 amide bonds. The molecule has 2 heterocycles. The van der Waals surface area contributed by atoms with Gasteiger partial charge in [-0.25, -0.2) is 13.1 Å². The van der Waals surface area contributed by atoms with Crippen molar-refractivity contribution < 1.29 is 13.3 Å². The third kappa shape index (κ3) is 2.41. The number of non-ortho nitro benzene ring substituents is 1. The van der Waals surface area contributed by atoms with E-state index in [1.54, 1.807) is 0 Å². The fraction of sp³-hybridized carbons (Fsp3) is 0.500. The summed E-state index contributed by atoms with van der Waals surface area (Å²) in [6.07, 6.45) is 2.88. The van der Waals surface area contributed by atoms with E-state index in [9.17, 15) is 18.5 Å². The lowest BCUT2D eigenvalue weighted by molar-refractivity contribution is -0.384. The van der Waals surface area contributed by atoms with E-state index in [-0.39, 0.29) is 22.7 Å². The predicted molar refractivity (Wildman–Crippen MR) is 71.8 cm³/mol. The minimum atomic E-state index is -3.62. The van der Waals surface area contributed by atoms with Gasteiger partial charge >= 0.3 is 0 Å². The number of hydrogen-bond acceptors (Lipinski definition) is 5. The Morgan fingerprint density at radius 2 is 1.95 bits per heavy atom. The number of benzene rings is 1. The van der Waals surface area contributed by atoms with Gasteiger partial charge in [0.05, 0.1) is 9.82 Å². The molecule has 2 bridgehead atoms. The molecule has 2 saturated heterocycles. The number of nitrogens with zero attached hydrogens (tertiary/aromatic N) is 1. The normalized spacial score (nSPS) is 28.7. The Balaban J connectivity index is 1.76. The second-order valence-electron chi connectivity index (χ2n) is 5.26. The van der Waals surface area contributed by atoms with E-state index in [4.69, 9.17) is 0 Å². The van der Waals surface area contributed by atoms with Crippen LogP contribution in [0, 0.1) is 10.1 Å². The summed E-state index contributed by atoms with van der Waals surface area (Å²) in [5.74, 6) is 0. The predicted octanol–water partition coefficient (Wildman–Crippen LogP) is 0.766. The monoisotopic (exact) mass is 297 g/mol. The summed E-state index contributed by atoms with van der Waals surface area (Å²) in [6.45, 7) is 0. The number of nitro groups is 1. The molecule has 8 heteroatoms. The summed E-state index contributed by atoms with van der Waals surface area (Å²) in [5, 5.41) is 13.9. The maximum atomic E-state index is 12.2. The molecule has 2 N–H and O–H groups in total. The van der Waals surface area contributed by atoms with Crippen molar-refractivity contribution in [3.05, 3.63) is 34.4 Å². The van der Waals surface area contributed by atoms with Crippen molar-refractivity contribution in [3.8, 4) is 0 Å². The maximum Gasteiger partial charge on any atom is 0.269 e. The van der Waals surface area contributed by atoms with E-state index in [1.807, 2.05) is 0 Å². The summed E-state index contributed by atoms with van der Waals surface area (Å²) < 4.78 is 27.2. The number of nitrogens with one attached hydrogen (secondary N) is 2. The van der Waals surface area contributed by atoms with Gasteiger partial charge in [0.1, 0.15) is 0 Å². The van der Waals surface area contributed by atoms with Gasteiger partial charge in [-0.15, -0.1) is 0 Å². The smallest absolute Gasteiger partial charge is 0.269 e. The van der Waals surface area contributed by atoms with Gasteiger partial charge in [-0.2, -0.15) is 0 Å². The quantitative estimate of drug-likeness (QED) is 0.631. The lowest BCUT2D eigenvalue weighted by atomic mass is 9.96. The average molecular weight is 297 g/mol. The minimum absolute atomic E-state index is 0.0610. The molecule has 0 aromatic heterocycles. The molecule has 1 aromatic rings. The number of fused-ring (bicyclic) bond motifs is 2. The number of hydrogen-bond donors (Lipinski definition) is 2. The number of sulfonamides is 1. The van der Waals surface area contributed by atoms with Crippen LogP contribution in [0.5, 0.6) is 0 Å². The van der Waals surface area contributed by atoms with Gasteiger partial charge in [0, 0.05) is 30.3 Å². The van der Waals surface area contributed by atoms with E-state index in [1.165, 1.54) is 24.3 Å². The Morgan fingerprint density at radius 1 is 1.25 bits per heavy atom. The minimum Gasteiger partial charge on any atom is -0.310 e. The highest BCUT2D eigenvalue weighted by atomic mass is 32.2. The number of nitro benzene ring substituents is 1. The van der Waals surface area contributed by atoms with Gasteiger partial charge in [-0.1, -0.05) is 0 Å². The van der Waals surface area contributed by atoms with Crippen LogP contribution in [-0.2, 0) is 10.0 Å². The van der Waals surface area contributed by atoms with Crippen molar-refractivity contribution in [2.75, 3.05) is 0 Å². The zero-order valence-electron chi connectivity index (χ0n) is 10.7. The van der Waals surface area contributed by atoms with Crippen LogP contribution < -0.4 is 10.0 Å². The SMILES string of the molecule is O=[N+]([O-])c1ccc(S(=O)(=O)N[C@H]2C[C@@H]3CC[C@H]2N3)cc1. The zero-order chi connectivity index (χ0) is 14.3. The highest BCUT2D eigenvalue weighted by Crippen LogP contribution is 2.29. The molecule has 3 atom stereocenters. The van der Waals surface area contributed by atoms with Crippen LogP contribution in [0.2, 0.25) is 0 Å². The van der Waals surface area contributed by atoms with Gasteiger partial charge in [0.2, 0.25) is 10.0 Å². The standard InChI is InChI=1S/C12H15N3O4S/c16-15(17)9-2-4-10(5-3-9)20(18,19)14-12-7-8-1-6-11(12)13-8/h2-5,8,11-14H,1,6-7H2/t8-,11+,12-/m0/s1. The van der Waals surface area contributed by atoms with Crippen molar-refractivity contribution in [3.63, 3.8) is 0 Å². The lowest BCUT2D eigenvalue weighted by Gasteiger charge is -2.21. The molecule has 1 aromatic carbocycles. The molecular weight excluding hydrogens is 282 g/mol. The topological polar surface area (TPSA) is 101 Å². The number of rotatable bonds is 4. The second-order valence-corrected chi connectivity index (χ2v) is 6.98. The molecule has 0 saturated carbocycles. The van der Waals surface area contributed by atoms with Crippen molar-refractivity contribution in [2.24, 2.45) is 0 Å². The van der Waals surface area contributed by atoms with Crippen LogP contribution in [0.15, 0.2) is 29.2 Å². The molecule has 2 fully saturated rings. The molecule has 108 valence electrons. The van der Waals surface area contributed by atoms with Crippen LogP contribution in [0.1, 0.15) is 19.3 Å². The first-order valence-electron chi connectivity index (χ1n) is 6.48. The van der Waals surface area contributed by atoms with E-state index >= 15 is 0 Å². The summed E-state index contributed by atoms with van der Waals surface area (Å²) in [6, 6.07) is 5.45. The largest absolute Gasteiger partial charge is 0.310 e. The average Bonchev–Trinajstić information content (AvgIpc) is 3.00. The molecular formula is C12H15N3O4S. The molecule has 7 nitrogen and oxygen atoms in total. The van der Waals surface area contributed by atoms with Gasteiger partial charge in [-0.05, 0) is 31.4 Å². The van der Waals surface area contributed by atoms with E-state index in [0.717, 1.165) is 19.3 Å². The highest BCUT2D eigenvalue weighted by molar-refractivity contribution is 7.89. The fourth-order valence-corrected chi connectivity index (χ4v) is 4.26. The lowest BCUT2D eigenvalue weighted by Crippen LogP contribution is -2.42. The Kier molecular flexibility index (Phi) is 3.23. The van der Waals surface area contributed by atoms with E-state index < -0.39 is 14.9 Å². The first-order valence-corrected chi connectivity index (χ1v) is 7.97. The summed E-state index contributed by atoms with van der Waals surface area (Å²) in [7, 11) is -3.62. The van der Waals surface area contributed by atoms with Gasteiger partial charge in [0.15, 0.2) is 0 Å². The van der Waals surface area contributed by atoms with Crippen LogP contribution >= 0.6 is 0 Å². The Hall–Kier alpha value is -1.51. The van der Waals surface area contributed by atoms with Gasteiger partial charge in [0.25, 0.3) is 5.69 Å². The molecule has 0 radical (unpaired) electrons. The van der Waals surface area contributed by atoms with Crippen molar-refractivity contribution in [2.45, 2.75) is 42.3 Å². The first-order chi connectivity index (χ1) is 9.45. The van der Waals surface area contributed by atoms with Crippen molar-refractivity contribution >= 4 is 15.7 Å². The molecule has 2 aliphatic rings. The molecule has 3 rings (SSSR count). The van der Waals surface area contributed by atoms with Crippen molar-refractivity contribution in [1.29, 1.82) is 0 Å². The molecule has 20 heavy (non-hydrogen) atoms. The molecule has 2 aliphatic heterocycles. The zero-order valence-corrected chi connectivity index (χ0v) is 11.5. The Morgan fingerprint density at radius 3 is 2.45 bits per heavy atom. The first kappa shape index (κ1) is 13.5. The third-order valence-electron chi connectivity index (χ3n) is 3.96. The van der Waals surface area contributed by atoms with E-state index in [2.05, 4.69) is 10.0 Å². The Bertz CT molecular complexity index is 629. The van der Waals surface area contributed by atoms with Crippen molar-refractivity contribution in [1.82, 2.24) is 10.0 Å².